The third kappa shape index (κ3) is 5.82. The molecule has 0 heterocycles. The van der Waals surface area contributed by atoms with Crippen molar-refractivity contribution in [3.05, 3.63) is 59.2 Å². The maximum Gasteiger partial charge on any atom is 0.325 e. The lowest BCUT2D eigenvalue weighted by atomic mass is 10.1. The van der Waals surface area contributed by atoms with Crippen LogP contribution in [-0.4, -0.2) is 32.9 Å². The number of hydrogen-bond acceptors (Lipinski definition) is 5. The van der Waals surface area contributed by atoms with Gasteiger partial charge in [-0.15, -0.1) is 0 Å². The molecule has 2 N–H and O–H groups in total. The van der Waals surface area contributed by atoms with E-state index < -0.39 is 21.9 Å². The number of benzene rings is 2. The molecule has 0 radical (unpaired) electrons. The van der Waals surface area contributed by atoms with Gasteiger partial charge in [0.25, 0.3) is 15.9 Å². The van der Waals surface area contributed by atoms with Crippen LogP contribution in [0, 0.1) is 13.8 Å². The van der Waals surface area contributed by atoms with Gasteiger partial charge in [-0.2, -0.15) is 0 Å². The summed E-state index contributed by atoms with van der Waals surface area (Å²) >= 11 is 0. The zero-order valence-corrected chi connectivity index (χ0v) is 17.1. The van der Waals surface area contributed by atoms with E-state index in [9.17, 15) is 18.0 Å². The quantitative estimate of drug-likeness (QED) is 0.691. The number of carbonyl (C=O) groups is 2. The van der Waals surface area contributed by atoms with E-state index in [1.165, 1.54) is 12.1 Å². The monoisotopic (exact) mass is 404 g/mol. The summed E-state index contributed by atoms with van der Waals surface area (Å²) < 4.78 is 32.7. The van der Waals surface area contributed by atoms with Gasteiger partial charge in [-0.05, 0) is 57.5 Å². The van der Waals surface area contributed by atoms with Gasteiger partial charge in [-0.1, -0.05) is 23.8 Å². The van der Waals surface area contributed by atoms with E-state index in [0.29, 0.717) is 11.3 Å². The first-order valence-electron chi connectivity index (χ1n) is 8.76. The highest BCUT2D eigenvalue weighted by atomic mass is 32.2. The Morgan fingerprint density at radius 1 is 1.04 bits per heavy atom. The lowest BCUT2D eigenvalue weighted by Crippen LogP contribution is -2.32. The number of ether oxygens (including phenoxy) is 1. The van der Waals surface area contributed by atoms with Crippen LogP contribution >= 0.6 is 0 Å². The summed E-state index contributed by atoms with van der Waals surface area (Å²) in [5, 5.41) is 2.45. The molecule has 2 rings (SSSR count). The lowest BCUT2D eigenvalue weighted by Gasteiger charge is -2.12. The standard InChI is InChI=1S/C20H24N2O5S/c1-13(2)27-19(23)12-21-20(24)18-11-17(10-7-15(18)4)28(25,26)22-16-8-5-14(3)6-9-16/h5-11,13,22H,12H2,1-4H3,(H,21,24). The lowest BCUT2D eigenvalue weighted by molar-refractivity contribution is -0.146. The Bertz CT molecular complexity index is 967. The number of aryl methyl sites for hydroxylation is 2. The molecular weight excluding hydrogens is 380 g/mol. The molecule has 0 bridgehead atoms. The van der Waals surface area contributed by atoms with Gasteiger partial charge in [-0.3, -0.25) is 14.3 Å². The molecule has 0 fully saturated rings. The Labute approximate surface area is 165 Å². The topological polar surface area (TPSA) is 102 Å². The number of esters is 1. The Kier molecular flexibility index (Phi) is 6.80. The summed E-state index contributed by atoms with van der Waals surface area (Å²) in [6, 6.07) is 11.2. The molecule has 150 valence electrons. The van der Waals surface area contributed by atoms with Crippen molar-refractivity contribution in [3.63, 3.8) is 0 Å². The molecule has 0 atom stereocenters. The van der Waals surface area contributed by atoms with Gasteiger partial charge in [0.05, 0.1) is 11.0 Å². The molecule has 2 aromatic rings. The average Bonchev–Trinajstić information content (AvgIpc) is 2.61. The van der Waals surface area contributed by atoms with Crippen LogP contribution in [0.15, 0.2) is 47.4 Å². The summed E-state index contributed by atoms with van der Waals surface area (Å²) in [5.74, 6) is -1.11. The van der Waals surface area contributed by atoms with Crippen LogP contribution in [0.3, 0.4) is 0 Å². The maximum atomic E-state index is 12.6. The minimum Gasteiger partial charge on any atom is -0.462 e. The number of hydrogen-bond donors (Lipinski definition) is 2. The fourth-order valence-corrected chi connectivity index (χ4v) is 3.49. The number of anilines is 1. The zero-order valence-electron chi connectivity index (χ0n) is 16.3. The molecule has 0 saturated carbocycles. The Morgan fingerprint density at radius 2 is 1.68 bits per heavy atom. The first-order chi connectivity index (χ1) is 13.1. The second-order valence-corrected chi connectivity index (χ2v) is 8.35. The van der Waals surface area contributed by atoms with Crippen molar-refractivity contribution in [1.29, 1.82) is 0 Å². The molecule has 0 saturated heterocycles. The smallest absolute Gasteiger partial charge is 0.325 e. The van der Waals surface area contributed by atoms with Gasteiger partial charge in [-0.25, -0.2) is 8.42 Å². The van der Waals surface area contributed by atoms with Crippen LogP contribution in [-0.2, 0) is 19.6 Å². The fraction of sp³-hybridized carbons (Fsp3) is 0.300. The van der Waals surface area contributed by atoms with Crippen molar-refractivity contribution in [2.45, 2.75) is 38.7 Å². The van der Waals surface area contributed by atoms with Gasteiger partial charge in [0.2, 0.25) is 0 Å². The summed E-state index contributed by atoms with van der Waals surface area (Å²) in [5.41, 5.74) is 2.19. The van der Waals surface area contributed by atoms with E-state index >= 15 is 0 Å². The van der Waals surface area contributed by atoms with Gasteiger partial charge >= 0.3 is 5.97 Å². The average molecular weight is 404 g/mol. The highest BCUT2D eigenvalue weighted by molar-refractivity contribution is 7.92. The number of rotatable bonds is 7. The molecule has 0 spiro atoms. The molecule has 0 aliphatic heterocycles. The Hall–Kier alpha value is -2.87. The van der Waals surface area contributed by atoms with Crippen LogP contribution in [0.1, 0.15) is 35.3 Å². The molecule has 1 amide bonds. The van der Waals surface area contributed by atoms with E-state index in [0.717, 1.165) is 5.56 Å². The minimum absolute atomic E-state index is 0.0476. The predicted octanol–water partition coefficient (Wildman–Crippen LogP) is 2.79. The van der Waals surface area contributed by atoms with E-state index in [-0.39, 0.29) is 23.1 Å². The number of amides is 1. The second-order valence-electron chi connectivity index (χ2n) is 6.67. The molecular formula is C20H24N2O5S. The van der Waals surface area contributed by atoms with Crippen LogP contribution < -0.4 is 10.0 Å². The minimum atomic E-state index is -3.87. The van der Waals surface area contributed by atoms with Crippen LogP contribution in [0.2, 0.25) is 0 Å². The van der Waals surface area contributed by atoms with Crippen molar-refractivity contribution in [3.8, 4) is 0 Å². The van der Waals surface area contributed by atoms with E-state index in [1.807, 2.05) is 6.92 Å². The third-order valence-corrected chi connectivity index (χ3v) is 5.21. The first-order valence-corrected chi connectivity index (χ1v) is 10.2. The molecule has 8 heteroatoms. The van der Waals surface area contributed by atoms with Crippen molar-refractivity contribution in [1.82, 2.24) is 5.32 Å². The molecule has 28 heavy (non-hydrogen) atoms. The third-order valence-electron chi connectivity index (χ3n) is 3.83. The zero-order chi connectivity index (χ0) is 20.9. The summed E-state index contributed by atoms with van der Waals surface area (Å²) in [6.07, 6.45) is -0.285. The molecule has 7 nitrogen and oxygen atoms in total. The van der Waals surface area contributed by atoms with E-state index in [2.05, 4.69) is 10.0 Å². The highest BCUT2D eigenvalue weighted by Crippen LogP contribution is 2.19. The fourth-order valence-electron chi connectivity index (χ4n) is 2.40. The Balaban J connectivity index is 2.18. The Morgan fingerprint density at radius 3 is 2.29 bits per heavy atom. The molecule has 0 aromatic heterocycles. The molecule has 0 aliphatic rings. The second kappa shape index (κ2) is 8.88. The van der Waals surface area contributed by atoms with Crippen molar-refractivity contribution >= 4 is 27.6 Å². The molecule has 0 aliphatic carbocycles. The number of sulfonamides is 1. The van der Waals surface area contributed by atoms with Crippen molar-refractivity contribution < 1.29 is 22.7 Å². The highest BCUT2D eigenvalue weighted by Gasteiger charge is 2.19. The SMILES string of the molecule is Cc1ccc(NS(=O)(=O)c2ccc(C)c(C(=O)NCC(=O)OC(C)C)c2)cc1. The normalized spacial score (nSPS) is 11.2. The van der Waals surface area contributed by atoms with Crippen LogP contribution in [0.4, 0.5) is 5.69 Å². The van der Waals surface area contributed by atoms with Gasteiger partial charge in [0.1, 0.15) is 6.54 Å². The van der Waals surface area contributed by atoms with Crippen LogP contribution in [0.5, 0.6) is 0 Å². The van der Waals surface area contributed by atoms with Gasteiger partial charge < -0.3 is 10.1 Å². The molecule has 2 aromatic carbocycles. The van der Waals surface area contributed by atoms with E-state index in [1.54, 1.807) is 51.1 Å². The molecule has 0 unspecified atom stereocenters. The summed E-state index contributed by atoms with van der Waals surface area (Å²) in [7, 11) is -3.87. The van der Waals surface area contributed by atoms with Gasteiger partial charge in [0, 0.05) is 11.3 Å². The maximum absolute atomic E-state index is 12.6. The number of carbonyl (C=O) groups excluding carboxylic acids is 2. The van der Waals surface area contributed by atoms with E-state index in [4.69, 9.17) is 4.74 Å². The largest absolute Gasteiger partial charge is 0.462 e. The number of nitrogens with one attached hydrogen (secondary N) is 2. The van der Waals surface area contributed by atoms with Crippen molar-refractivity contribution in [2.75, 3.05) is 11.3 Å². The first kappa shape index (κ1) is 21.4. The van der Waals surface area contributed by atoms with Crippen molar-refractivity contribution in [2.24, 2.45) is 0 Å². The predicted molar refractivity (Wildman–Crippen MR) is 107 cm³/mol. The van der Waals surface area contributed by atoms with Crippen LogP contribution in [0.25, 0.3) is 0 Å². The summed E-state index contributed by atoms with van der Waals surface area (Å²) in [4.78, 5) is 23.9. The van der Waals surface area contributed by atoms with Gasteiger partial charge in [0.15, 0.2) is 0 Å². The summed E-state index contributed by atoms with van der Waals surface area (Å²) in [6.45, 7) is 6.71.